The van der Waals surface area contributed by atoms with Crippen LogP contribution in [0, 0.1) is 0 Å². The number of hydrogen-bond acceptors (Lipinski definition) is 2. The van der Waals surface area contributed by atoms with Gasteiger partial charge < -0.3 is 10.5 Å². The van der Waals surface area contributed by atoms with Gasteiger partial charge in [-0.3, -0.25) is 0 Å². The quantitative estimate of drug-likeness (QED) is 0.872. The Morgan fingerprint density at radius 2 is 1.82 bits per heavy atom. The maximum Gasteiger partial charge on any atom is 0.128 e. The second-order valence-electron chi connectivity index (χ2n) is 4.59. The van der Waals surface area contributed by atoms with E-state index >= 15 is 0 Å². The zero-order valence-corrected chi connectivity index (χ0v) is 10.4. The molecule has 1 atom stereocenters. The van der Waals surface area contributed by atoms with Crippen molar-refractivity contribution in [2.24, 2.45) is 5.73 Å². The van der Waals surface area contributed by atoms with Crippen LogP contribution in [0.4, 0.5) is 0 Å². The average molecular weight is 229 g/mol. The third-order valence-corrected chi connectivity index (χ3v) is 3.29. The van der Waals surface area contributed by atoms with E-state index in [0.717, 1.165) is 17.6 Å². The molecule has 2 N–H and O–H groups in total. The summed E-state index contributed by atoms with van der Waals surface area (Å²) in [5.41, 5.74) is 5.50. The summed E-state index contributed by atoms with van der Waals surface area (Å²) in [5.74, 6) is 0.915. The summed E-state index contributed by atoms with van der Waals surface area (Å²) in [4.78, 5) is 0. The maximum atomic E-state index is 6.09. The van der Waals surface area contributed by atoms with E-state index in [2.05, 4.69) is 32.0 Å². The van der Waals surface area contributed by atoms with Gasteiger partial charge in [0.2, 0.25) is 0 Å². The van der Waals surface area contributed by atoms with Gasteiger partial charge in [0.15, 0.2) is 0 Å². The third-order valence-electron chi connectivity index (χ3n) is 3.29. The number of ether oxygens (including phenoxy) is 1. The molecule has 0 aliphatic rings. The van der Waals surface area contributed by atoms with Crippen LogP contribution in [-0.2, 0) is 0 Å². The van der Waals surface area contributed by atoms with Gasteiger partial charge in [-0.05, 0) is 24.8 Å². The molecule has 0 aliphatic heterocycles. The van der Waals surface area contributed by atoms with Crippen LogP contribution in [0.3, 0.4) is 0 Å². The lowest BCUT2D eigenvalue weighted by Crippen LogP contribution is -2.39. The minimum Gasteiger partial charge on any atom is -0.486 e. The maximum absolute atomic E-state index is 6.09. The molecule has 17 heavy (non-hydrogen) atoms. The van der Waals surface area contributed by atoms with Crippen molar-refractivity contribution in [1.29, 1.82) is 0 Å². The van der Waals surface area contributed by atoms with Crippen molar-refractivity contribution in [2.45, 2.75) is 25.9 Å². The van der Waals surface area contributed by atoms with Gasteiger partial charge in [-0.25, -0.2) is 0 Å². The van der Waals surface area contributed by atoms with Gasteiger partial charge in [0.1, 0.15) is 11.4 Å². The molecule has 0 amide bonds. The standard InChI is InChI=1S/C15H19NO/c1-3-15(2,11-16)17-14-10-6-8-12-7-4-5-9-13(12)14/h4-10H,3,11,16H2,1-2H3. The molecule has 2 rings (SSSR count). The molecule has 2 nitrogen and oxygen atoms in total. The molecule has 0 bridgehead atoms. The van der Waals surface area contributed by atoms with Crippen LogP contribution in [0.1, 0.15) is 20.3 Å². The number of hydrogen-bond donors (Lipinski definition) is 1. The smallest absolute Gasteiger partial charge is 0.128 e. The van der Waals surface area contributed by atoms with Gasteiger partial charge in [0.05, 0.1) is 0 Å². The Labute approximate surface area is 102 Å². The zero-order valence-electron chi connectivity index (χ0n) is 10.4. The average Bonchev–Trinajstić information content (AvgIpc) is 2.39. The first-order chi connectivity index (χ1) is 8.18. The van der Waals surface area contributed by atoms with Crippen LogP contribution in [-0.4, -0.2) is 12.1 Å². The van der Waals surface area contributed by atoms with Gasteiger partial charge in [-0.2, -0.15) is 0 Å². The molecule has 2 heteroatoms. The summed E-state index contributed by atoms with van der Waals surface area (Å²) >= 11 is 0. The summed E-state index contributed by atoms with van der Waals surface area (Å²) in [5, 5.41) is 2.34. The molecule has 0 saturated heterocycles. The van der Waals surface area contributed by atoms with E-state index in [-0.39, 0.29) is 5.60 Å². The molecule has 0 aliphatic carbocycles. The van der Waals surface area contributed by atoms with E-state index in [4.69, 9.17) is 10.5 Å². The SMILES string of the molecule is CCC(C)(CN)Oc1cccc2ccccc12. The Kier molecular flexibility index (Phi) is 3.34. The molecule has 0 saturated carbocycles. The summed E-state index contributed by atoms with van der Waals surface area (Å²) in [6, 6.07) is 14.4. The minimum atomic E-state index is -0.288. The van der Waals surface area contributed by atoms with E-state index in [1.165, 1.54) is 5.39 Å². The molecule has 0 aromatic heterocycles. The molecular weight excluding hydrogens is 210 g/mol. The molecule has 0 heterocycles. The topological polar surface area (TPSA) is 35.2 Å². The monoisotopic (exact) mass is 229 g/mol. The first-order valence-corrected chi connectivity index (χ1v) is 6.05. The van der Waals surface area contributed by atoms with Crippen molar-refractivity contribution in [3.63, 3.8) is 0 Å². The van der Waals surface area contributed by atoms with Gasteiger partial charge >= 0.3 is 0 Å². The van der Waals surface area contributed by atoms with Crippen molar-refractivity contribution in [3.8, 4) is 5.75 Å². The van der Waals surface area contributed by atoms with E-state index in [1.54, 1.807) is 0 Å². The fraction of sp³-hybridized carbons (Fsp3) is 0.333. The van der Waals surface area contributed by atoms with Crippen molar-refractivity contribution >= 4 is 10.8 Å². The van der Waals surface area contributed by atoms with Crippen LogP contribution < -0.4 is 10.5 Å². The Balaban J connectivity index is 2.42. The van der Waals surface area contributed by atoms with E-state index in [0.29, 0.717) is 6.54 Å². The zero-order chi connectivity index (χ0) is 12.3. The fourth-order valence-electron chi connectivity index (χ4n) is 1.81. The molecule has 1 unspecified atom stereocenters. The van der Waals surface area contributed by atoms with Gasteiger partial charge in [0.25, 0.3) is 0 Å². The number of nitrogens with two attached hydrogens (primary N) is 1. The summed E-state index contributed by atoms with van der Waals surface area (Å²) in [6.07, 6.45) is 0.896. The first kappa shape index (κ1) is 11.9. The summed E-state index contributed by atoms with van der Waals surface area (Å²) < 4.78 is 6.09. The Morgan fingerprint density at radius 3 is 2.53 bits per heavy atom. The molecule has 0 fully saturated rings. The molecular formula is C15H19NO. The van der Waals surface area contributed by atoms with Crippen molar-refractivity contribution in [1.82, 2.24) is 0 Å². The Hall–Kier alpha value is -1.54. The summed E-state index contributed by atoms with van der Waals surface area (Å²) in [6.45, 7) is 4.67. The lowest BCUT2D eigenvalue weighted by Gasteiger charge is -2.28. The second-order valence-corrected chi connectivity index (χ2v) is 4.59. The van der Waals surface area contributed by atoms with Gasteiger partial charge in [0, 0.05) is 11.9 Å². The normalized spacial score (nSPS) is 14.5. The predicted molar refractivity (Wildman–Crippen MR) is 72.3 cm³/mol. The molecule has 0 radical (unpaired) electrons. The van der Waals surface area contributed by atoms with Crippen LogP contribution in [0.5, 0.6) is 5.75 Å². The third kappa shape index (κ3) is 2.42. The minimum absolute atomic E-state index is 0.288. The largest absolute Gasteiger partial charge is 0.486 e. The highest BCUT2D eigenvalue weighted by molar-refractivity contribution is 5.88. The second kappa shape index (κ2) is 4.76. The van der Waals surface area contributed by atoms with Crippen LogP contribution in [0.15, 0.2) is 42.5 Å². The highest BCUT2D eigenvalue weighted by Gasteiger charge is 2.22. The van der Waals surface area contributed by atoms with Gasteiger partial charge in [-0.15, -0.1) is 0 Å². The highest BCUT2D eigenvalue weighted by Crippen LogP contribution is 2.29. The van der Waals surface area contributed by atoms with Crippen LogP contribution in [0.2, 0.25) is 0 Å². The number of rotatable bonds is 4. The summed E-state index contributed by atoms with van der Waals surface area (Å²) in [7, 11) is 0. The van der Waals surface area contributed by atoms with E-state index in [9.17, 15) is 0 Å². The van der Waals surface area contributed by atoms with Crippen molar-refractivity contribution < 1.29 is 4.74 Å². The lowest BCUT2D eigenvalue weighted by atomic mass is 10.0. The van der Waals surface area contributed by atoms with Crippen molar-refractivity contribution in [2.75, 3.05) is 6.54 Å². The molecule has 2 aromatic rings. The van der Waals surface area contributed by atoms with E-state index < -0.39 is 0 Å². The molecule has 0 spiro atoms. The Bertz CT molecular complexity index is 498. The van der Waals surface area contributed by atoms with Crippen LogP contribution in [0.25, 0.3) is 10.8 Å². The van der Waals surface area contributed by atoms with Gasteiger partial charge in [-0.1, -0.05) is 43.3 Å². The lowest BCUT2D eigenvalue weighted by molar-refractivity contribution is 0.0955. The van der Waals surface area contributed by atoms with Crippen molar-refractivity contribution in [3.05, 3.63) is 42.5 Å². The van der Waals surface area contributed by atoms with Crippen LogP contribution >= 0.6 is 0 Å². The first-order valence-electron chi connectivity index (χ1n) is 6.05. The molecule has 90 valence electrons. The van der Waals surface area contributed by atoms with E-state index in [1.807, 2.05) is 24.3 Å². The fourth-order valence-corrected chi connectivity index (χ4v) is 1.81. The Morgan fingerprint density at radius 1 is 1.12 bits per heavy atom. The number of fused-ring (bicyclic) bond motifs is 1. The molecule has 2 aromatic carbocycles. The predicted octanol–water partition coefficient (Wildman–Crippen LogP) is 3.35. The number of benzene rings is 2. The highest BCUT2D eigenvalue weighted by atomic mass is 16.5.